The molecule has 2 rings (SSSR count). The Bertz CT molecular complexity index is 312. The molecule has 1 fully saturated rings. The number of hydrogen-bond donors (Lipinski definition) is 1. The van der Waals surface area contributed by atoms with Crippen LogP contribution in [0.5, 0.6) is 0 Å². The van der Waals surface area contributed by atoms with E-state index in [1.807, 2.05) is 0 Å². The summed E-state index contributed by atoms with van der Waals surface area (Å²) >= 11 is 5.70. The number of hydrazone groups is 1. The van der Waals surface area contributed by atoms with Crippen molar-refractivity contribution in [2.24, 2.45) is 16.4 Å². The van der Waals surface area contributed by atoms with E-state index in [0.717, 1.165) is 18.6 Å². The molecular weight excluding hydrogens is 212 g/mol. The number of hydrogen-bond acceptors (Lipinski definition) is 3. The molecule has 1 N–H and O–H groups in total. The maximum Gasteiger partial charge on any atom is 0.144 e. The molecule has 0 saturated heterocycles. The Balaban J connectivity index is 2.14. The predicted octanol–water partition coefficient (Wildman–Crippen LogP) is 1.95. The van der Waals surface area contributed by atoms with E-state index >= 15 is 0 Å². The van der Waals surface area contributed by atoms with Crippen molar-refractivity contribution in [3.8, 4) is 0 Å². The fraction of sp³-hybridized carbons (Fsp3) is 0.818. The standard InChI is InChI=1S/C11H17ClN2O/c1-11(2)5-8-10(9(15)6-11)7(3-4-12)13-14-8/h8,10,14H,3-6H2,1-2H3/t8-,10+/m1/s1. The van der Waals surface area contributed by atoms with Crippen LogP contribution in [-0.2, 0) is 4.79 Å². The average Bonchev–Trinajstić information content (AvgIpc) is 2.46. The van der Waals surface area contributed by atoms with Gasteiger partial charge in [-0.3, -0.25) is 4.79 Å². The normalized spacial score (nSPS) is 33.3. The molecule has 0 aromatic carbocycles. The molecule has 0 aromatic heterocycles. The molecule has 3 nitrogen and oxygen atoms in total. The third-order valence-corrected chi connectivity index (χ3v) is 3.45. The largest absolute Gasteiger partial charge is 0.306 e. The first kappa shape index (κ1) is 10.9. The Morgan fingerprint density at radius 3 is 3.00 bits per heavy atom. The molecule has 1 aliphatic heterocycles. The minimum atomic E-state index is -0.00299. The summed E-state index contributed by atoms with van der Waals surface area (Å²) in [4.78, 5) is 12.0. The Hall–Kier alpha value is -0.570. The van der Waals surface area contributed by atoms with Gasteiger partial charge in [-0.2, -0.15) is 5.10 Å². The van der Waals surface area contributed by atoms with Crippen LogP contribution in [-0.4, -0.2) is 23.4 Å². The van der Waals surface area contributed by atoms with Gasteiger partial charge >= 0.3 is 0 Å². The third-order valence-electron chi connectivity index (χ3n) is 3.26. The lowest BCUT2D eigenvalue weighted by atomic mass is 9.68. The lowest BCUT2D eigenvalue weighted by Crippen LogP contribution is -2.45. The monoisotopic (exact) mass is 228 g/mol. The zero-order chi connectivity index (χ0) is 11.1. The van der Waals surface area contributed by atoms with Crippen LogP contribution in [0.25, 0.3) is 0 Å². The van der Waals surface area contributed by atoms with E-state index in [9.17, 15) is 4.79 Å². The lowest BCUT2D eigenvalue weighted by molar-refractivity contribution is -0.126. The van der Waals surface area contributed by atoms with E-state index < -0.39 is 0 Å². The second-order valence-corrected chi connectivity index (χ2v) is 5.64. The second kappa shape index (κ2) is 3.78. The van der Waals surface area contributed by atoms with Crippen molar-refractivity contribution in [1.82, 2.24) is 5.43 Å². The number of fused-ring (bicyclic) bond motifs is 1. The number of halogens is 1. The van der Waals surface area contributed by atoms with Crippen molar-refractivity contribution in [2.75, 3.05) is 5.88 Å². The van der Waals surface area contributed by atoms with Gasteiger partial charge in [0.2, 0.25) is 0 Å². The van der Waals surface area contributed by atoms with Crippen molar-refractivity contribution >= 4 is 23.1 Å². The summed E-state index contributed by atoms with van der Waals surface area (Å²) in [6.07, 6.45) is 2.40. The fourth-order valence-corrected chi connectivity index (χ4v) is 2.87. The van der Waals surface area contributed by atoms with Gasteiger partial charge in [0.15, 0.2) is 0 Å². The number of nitrogens with zero attached hydrogens (tertiary/aromatic N) is 1. The van der Waals surface area contributed by atoms with Gasteiger partial charge in [0.25, 0.3) is 0 Å². The summed E-state index contributed by atoms with van der Waals surface area (Å²) in [6.45, 7) is 4.28. The Labute approximate surface area is 95.3 Å². The first-order valence-electron chi connectivity index (χ1n) is 5.44. The lowest BCUT2D eigenvalue weighted by Gasteiger charge is -2.36. The highest BCUT2D eigenvalue weighted by Crippen LogP contribution is 2.38. The van der Waals surface area contributed by atoms with Crippen LogP contribution in [0.4, 0.5) is 0 Å². The quantitative estimate of drug-likeness (QED) is 0.734. The summed E-state index contributed by atoms with van der Waals surface area (Å²) in [5, 5.41) is 4.25. The highest BCUT2D eigenvalue weighted by molar-refractivity contribution is 6.20. The number of carbonyl (C=O) groups is 1. The maximum atomic E-state index is 12.0. The molecular formula is C11H17ClN2O. The van der Waals surface area contributed by atoms with Gasteiger partial charge in [-0.05, 0) is 11.8 Å². The van der Waals surface area contributed by atoms with Gasteiger partial charge in [-0.1, -0.05) is 13.8 Å². The van der Waals surface area contributed by atoms with Gasteiger partial charge in [-0.25, -0.2) is 0 Å². The molecule has 1 aliphatic carbocycles. The van der Waals surface area contributed by atoms with Gasteiger partial charge < -0.3 is 5.43 Å². The number of rotatable bonds is 2. The Morgan fingerprint density at radius 1 is 1.60 bits per heavy atom. The summed E-state index contributed by atoms with van der Waals surface area (Å²) in [7, 11) is 0. The Morgan fingerprint density at radius 2 is 2.33 bits per heavy atom. The average molecular weight is 229 g/mol. The molecule has 2 aliphatic rings. The van der Waals surface area contributed by atoms with Crippen LogP contribution >= 0.6 is 11.6 Å². The molecule has 4 heteroatoms. The van der Waals surface area contributed by atoms with E-state index in [1.165, 1.54) is 0 Å². The van der Waals surface area contributed by atoms with Crippen LogP contribution in [0.15, 0.2) is 5.10 Å². The van der Waals surface area contributed by atoms with Gasteiger partial charge in [-0.15, -0.1) is 11.6 Å². The smallest absolute Gasteiger partial charge is 0.144 e. The fourth-order valence-electron chi connectivity index (χ4n) is 2.67. The minimum Gasteiger partial charge on any atom is -0.306 e. The van der Waals surface area contributed by atoms with Crippen LogP contribution in [0, 0.1) is 11.3 Å². The van der Waals surface area contributed by atoms with Gasteiger partial charge in [0, 0.05) is 18.7 Å². The van der Waals surface area contributed by atoms with Crippen LogP contribution < -0.4 is 5.43 Å². The molecule has 0 aromatic rings. The molecule has 1 heterocycles. The number of nitrogens with one attached hydrogen (secondary N) is 1. The van der Waals surface area contributed by atoms with Crippen molar-refractivity contribution in [1.29, 1.82) is 0 Å². The maximum absolute atomic E-state index is 12.0. The van der Waals surface area contributed by atoms with E-state index in [1.54, 1.807) is 0 Å². The summed E-state index contributed by atoms with van der Waals surface area (Å²) < 4.78 is 0. The number of Topliss-reactive ketones (excluding diaryl/α,β-unsaturated/α-hetero) is 1. The van der Waals surface area contributed by atoms with Crippen molar-refractivity contribution in [3.63, 3.8) is 0 Å². The highest BCUT2D eigenvalue weighted by Gasteiger charge is 2.45. The highest BCUT2D eigenvalue weighted by atomic mass is 35.5. The summed E-state index contributed by atoms with van der Waals surface area (Å²) in [5.74, 6) is 0.863. The van der Waals surface area contributed by atoms with Crippen molar-refractivity contribution in [2.45, 2.75) is 39.2 Å². The second-order valence-electron chi connectivity index (χ2n) is 5.27. The summed E-state index contributed by atoms with van der Waals surface area (Å²) in [6, 6.07) is 0.208. The van der Waals surface area contributed by atoms with Crippen LogP contribution in [0.1, 0.15) is 33.1 Å². The topological polar surface area (TPSA) is 41.5 Å². The van der Waals surface area contributed by atoms with Gasteiger partial charge in [0.05, 0.1) is 17.7 Å². The number of ketones is 1. The van der Waals surface area contributed by atoms with Crippen molar-refractivity contribution in [3.05, 3.63) is 0 Å². The van der Waals surface area contributed by atoms with E-state index in [2.05, 4.69) is 24.4 Å². The first-order chi connectivity index (χ1) is 7.03. The molecule has 0 unspecified atom stereocenters. The van der Waals surface area contributed by atoms with E-state index in [4.69, 9.17) is 11.6 Å². The van der Waals surface area contributed by atoms with Crippen molar-refractivity contribution < 1.29 is 4.79 Å². The van der Waals surface area contributed by atoms with E-state index in [0.29, 0.717) is 18.1 Å². The number of alkyl halides is 1. The molecule has 0 spiro atoms. The molecule has 84 valence electrons. The number of carbonyl (C=O) groups excluding carboxylic acids is 1. The Kier molecular flexibility index (Phi) is 2.75. The minimum absolute atomic E-state index is 0.00299. The van der Waals surface area contributed by atoms with Crippen LogP contribution in [0.3, 0.4) is 0 Å². The first-order valence-corrected chi connectivity index (χ1v) is 5.97. The van der Waals surface area contributed by atoms with Gasteiger partial charge in [0.1, 0.15) is 5.78 Å². The predicted molar refractivity (Wildman–Crippen MR) is 61.2 cm³/mol. The zero-order valence-electron chi connectivity index (χ0n) is 9.22. The van der Waals surface area contributed by atoms with Crippen LogP contribution in [0.2, 0.25) is 0 Å². The molecule has 15 heavy (non-hydrogen) atoms. The molecule has 2 atom stereocenters. The molecule has 0 amide bonds. The zero-order valence-corrected chi connectivity index (χ0v) is 9.97. The molecule has 0 radical (unpaired) electrons. The molecule has 0 bridgehead atoms. The SMILES string of the molecule is CC1(C)CC(=O)[C@H]2C(CCCl)=NN[C@@H]2C1. The van der Waals surface area contributed by atoms with E-state index in [-0.39, 0.29) is 17.4 Å². The molecule has 1 saturated carbocycles. The summed E-state index contributed by atoms with van der Waals surface area (Å²) in [5.41, 5.74) is 4.15. The third kappa shape index (κ3) is 2.03.